The van der Waals surface area contributed by atoms with E-state index in [-0.39, 0.29) is 5.91 Å². The van der Waals surface area contributed by atoms with Gasteiger partial charge in [0.15, 0.2) is 5.60 Å². The number of para-hydroxylation sites is 1. The maximum Gasteiger partial charge on any atom is 0.257 e. The first kappa shape index (κ1) is 16.5. The van der Waals surface area contributed by atoms with Gasteiger partial charge in [-0.25, -0.2) is 0 Å². The molecule has 3 heterocycles. The number of amides is 1. The summed E-state index contributed by atoms with van der Waals surface area (Å²) in [7, 11) is 1.61. The number of methoxy groups -OCH3 is 1. The molecule has 25 heavy (non-hydrogen) atoms. The second-order valence-corrected chi connectivity index (χ2v) is 6.98. The fraction of sp³-hybridized carbons (Fsp3) is 0.500. The molecule has 0 spiro atoms. The number of nitrogens with zero attached hydrogens (tertiary/aromatic N) is 2. The van der Waals surface area contributed by atoms with Gasteiger partial charge in [-0.15, -0.1) is 0 Å². The molecule has 2 fully saturated rings. The van der Waals surface area contributed by atoms with Gasteiger partial charge in [0, 0.05) is 38.2 Å². The lowest BCUT2D eigenvalue weighted by atomic mass is 9.87. The Kier molecular flexibility index (Phi) is 4.44. The van der Waals surface area contributed by atoms with Crippen LogP contribution in [0.15, 0.2) is 36.5 Å². The number of fused-ring (bicyclic) bond motifs is 1. The highest BCUT2D eigenvalue weighted by Crippen LogP contribution is 2.34. The number of hydrogen-bond donors (Lipinski definition) is 0. The Balaban J connectivity index is 1.49. The molecule has 132 valence electrons. The lowest BCUT2D eigenvalue weighted by molar-refractivity contribution is -0.156. The van der Waals surface area contributed by atoms with Crippen LogP contribution in [-0.4, -0.2) is 54.8 Å². The van der Waals surface area contributed by atoms with Crippen LogP contribution in [0.3, 0.4) is 0 Å². The summed E-state index contributed by atoms with van der Waals surface area (Å²) in [4.78, 5) is 19.3. The van der Waals surface area contributed by atoms with Crippen molar-refractivity contribution >= 4 is 16.8 Å². The molecule has 0 aliphatic carbocycles. The second-order valence-electron chi connectivity index (χ2n) is 6.98. The topological polar surface area (TPSA) is 51.7 Å². The number of hydrogen-bond acceptors (Lipinski definition) is 4. The van der Waals surface area contributed by atoms with E-state index in [1.807, 2.05) is 17.2 Å². The number of piperidine rings is 1. The van der Waals surface area contributed by atoms with Gasteiger partial charge < -0.3 is 14.4 Å². The van der Waals surface area contributed by atoms with Gasteiger partial charge >= 0.3 is 0 Å². The van der Waals surface area contributed by atoms with Gasteiger partial charge in [-0.3, -0.25) is 9.78 Å². The molecule has 0 radical (unpaired) electrons. The van der Waals surface area contributed by atoms with Crippen LogP contribution in [0.2, 0.25) is 0 Å². The number of rotatable bonds is 3. The van der Waals surface area contributed by atoms with Crippen LogP contribution in [0.1, 0.15) is 30.7 Å². The van der Waals surface area contributed by atoms with Gasteiger partial charge in [-0.05, 0) is 36.5 Å². The Morgan fingerprint density at radius 1 is 1.28 bits per heavy atom. The normalized spacial score (nSPS) is 24.8. The van der Waals surface area contributed by atoms with Crippen molar-refractivity contribution < 1.29 is 14.3 Å². The first-order valence-electron chi connectivity index (χ1n) is 8.99. The fourth-order valence-corrected chi connectivity index (χ4v) is 4.12. The van der Waals surface area contributed by atoms with E-state index in [0.29, 0.717) is 25.6 Å². The molecule has 2 aliphatic heterocycles. The quantitative estimate of drug-likeness (QED) is 0.862. The zero-order chi connectivity index (χ0) is 17.3. The summed E-state index contributed by atoms with van der Waals surface area (Å²) in [5.41, 5.74) is 1.62. The maximum absolute atomic E-state index is 12.9. The van der Waals surface area contributed by atoms with Gasteiger partial charge in [0.1, 0.15) is 0 Å². The molecule has 5 nitrogen and oxygen atoms in total. The van der Waals surface area contributed by atoms with Gasteiger partial charge in [0.25, 0.3) is 5.91 Å². The predicted octanol–water partition coefficient (Wildman–Crippen LogP) is 2.75. The molecular weight excluding hydrogens is 316 g/mol. The number of aromatic nitrogens is 1. The third-order valence-electron chi connectivity index (χ3n) is 5.67. The highest BCUT2D eigenvalue weighted by molar-refractivity contribution is 5.86. The summed E-state index contributed by atoms with van der Waals surface area (Å²) in [6.07, 6.45) is 4.49. The van der Waals surface area contributed by atoms with Crippen molar-refractivity contribution in [1.29, 1.82) is 0 Å². The molecule has 4 rings (SSSR count). The molecule has 2 aromatic rings. The van der Waals surface area contributed by atoms with E-state index in [9.17, 15) is 4.79 Å². The van der Waals surface area contributed by atoms with E-state index in [1.165, 1.54) is 10.9 Å². The zero-order valence-corrected chi connectivity index (χ0v) is 14.6. The highest BCUT2D eigenvalue weighted by atomic mass is 16.6. The van der Waals surface area contributed by atoms with Crippen molar-refractivity contribution in [2.24, 2.45) is 0 Å². The third kappa shape index (κ3) is 2.92. The Bertz CT molecular complexity index is 757. The number of pyridine rings is 1. The molecule has 1 amide bonds. The summed E-state index contributed by atoms with van der Waals surface area (Å²) >= 11 is 0. The number of carbonyl (C=O) groups is 1. The van der Waals surface area contributed by atoms with Crippen LogP contribution in [0.5, 0.6) is 0 Å². The molecule has 0 bridgehead atoms. The van der Waals surface area contributed by atoms with Crippen LogP contribution in [0, 0.1) is 0 Å². The first-order valence-corrected chi connectivity index (χ1v) is 8.99. The third-order valence-corrected chi connectivity index (χ3v) is 5.67. The highest BCUT2D eigenvalue weighted by Gasteiger charge is 2.45. The van der Waals surface area contributed by atoms with Crippen LogP contribution in [0.25, 0.3) is 10.9 Å². The summed E-state index contributed by atoms with van der Waals surface area (Å²) in [6.45, 7) is 2.51. The van der Waals surface area contributed by atoms with E-state index in [0.717, 1.165) is 31.4 Å². The largest absolute Gasteiger partial charge is 0.378 e. The van der Waals surface area contributed by atoms with Gasteiger partial charge in [-0.1, -0.05) is 18.2 Å². The molecule has 5 heteroatoms. The number of benzene rings is 1. The van der Waals surface area contributed by atoms with Crippen molar-refractivity contribution in [3.8, 4) is 0 Å². The lowest BCUT2D eigenvalue weighted by Gasteiger charge is -2.37. The molecule has 0 N–H and O–H groups in total. The summed E-state index contributed by atoms with van der Waals surface area (Å²) in [6, 6.07) is 10.4. The Morgan fingerprint density at radius 3 is 2.80 bits per heavy atom. The number of ether oxygens (including phenoxy) is 2. The van der Waals surface area contributed by atoms with E-state index in [4.69, 9.17) is 9.47 Å². The molecule has 1 aromatic heterocycles. The van der Waals surface area contributed by atoms with E-state index in [1.54, 1.807) is 7.11 Å². The van der Waals surface area contributed by atoms with E-state index < -0.39 is 5.60 Å². The average molecular weight is 340 g/mol. The van der Waals surface area contributed by atoms with Gasteiger partial charge in [-0.2, -0.15) is 0 Å². The smallest absolute Gasteiger partial charge is 0.257 e. The Morgan fingerprint density at radius 2 is 2.08 bits per heavy atom. The minimum absolute atomic E-state index is 0.0885. The van der Waals surface area contributed by atoms with Gasteiger partial charge in [0.2, 0.25) is 0 Å². The Hall–Kier alpha value is -1.98. The predicted molar refractivity (Wildman–Crippen MR) is 95.5 cm³/mol. The van der Waals surface area contributed by atoms with Crippen molar-refractivity contribution in [3.05, 3.63) is 42.1 Å². The van der Waals surface area contributed by atoms with Crippen LogP contribution in [-0.2, 0) is 14.3 Å². The maximum atomic E-state index is 12.9. The summed E-state index contributed by atoms with van der Waals surface area (Å²) in [5.74, 6) is 0.556. The molecule has 2 aliphatic rings. The summed E-state index contributed by atoms with van der Waals surface area (Å²) in [5, 5.41) is 1.23. The summed E-state index contributed by atoms with van der Waals surface area (Å²) < 4.78 is 11.0. The lowest BCUT2D eigenvalue weighted by Crippen LogP contribution is -2.52. The van der Waals surface area contributed by atoms with Crippen LogP contribution < -0.4 is 0 Å². The molecule has 2 saturated heterocycles. The van der Waals surface area contributed by atoms with Crippen molar-refractivity contribution in [2.75, 3.05) is 33.4 Å². The van der Waals surface area contributed by atoms with Crippen LogP contribution >= 0.6 is 0 Å². The fourth-order valence-electron chi connectivity index (χ4n) is 4.12. The van der Waals surface area contributed by atoms with Gasteiger partial charge in [0.05, 0.1) is 18.7 Å². The molecule has 1 atom stereocenters. The first-order chi connectivity index (χ1) is 12.2. The molecular formula is C20H24N2O3. The second kappa shape index (κ2) is 6.73. The zero-order valence-electron chi connectivity index (χ0n) is 14.6. The van der Waals surface area contributed by atoms with E-state index in [2.05, 4.69) is 29.2 Å². The van der Waals surface area contributed by atoms with Crippen molar-refractivity contribution in [3.63, 3.8) is 0 Å². The standard InChI is InChI=1S/C20H24N2O3/c1-24-20(9-13-25-14-20)19(23)22-11-7-15(8-12-22)16-6-10-21-18-5-3-2-4-17(16)18/h2-6,10,15H,7-9,11-14H2,1H3. The molecule has 1 unspecified atom stereocenters. The van der Waals surface area contributed by atoms with Crippen molar-refractivity contribution in [2.45, 2.75) is 30.8 Å². The van der Waals surface area contributed by atoms with E-state index >= 15 is 0 Å². The molecule has 0 saturated carbocycles. The molecule has 1 aromatic carbocycles. The SMILES string of the molecule is COC1(C(=O)N2CCC(c3ccnc4ccccc34)CC2)CCOC1. The number of likely N-dealkylation sites (tertiary alicyclic amines) is 1. The monoisotopic (exact) mass is 340 g/mol. The number of carbonyl (C=O) groups excluding carboxylic acids is 1. The minimum atomic E-state index is -0.768. The van der Waals surface area contributed by atoms with Crippen LogP contribution in [0.4, 0.5) is 0 Å². The minimum Gasteiger partial charge on any atom is -0.378 e. The average Bonchev–Trinajstić information content (AvgIpc) is 3.17. The van der Waals surface area contributed by atoms with Crippen molar-refractivity contribution in [1.82, 2.24) is 9.88 Å². The Labute approximate surface area is 147 Å².